The van der Waals surface area contributed by atoms with Gasteiger partial charge in [-0.2, -0.15) is 5.10 Å². The average Bonchev–Trinajstić information content (AvgIpc) is 2.71. The molecule has 3 rings (SSSR count). The Morgan fingerprint density at radius 2 is 1.79 bits per heavy atom. The van der Waals surface area contributed by atoms with Crippen LogP contribution >= 0.6 is 28.3 Å². The molecule has 0 saturated heterocycles. The molecule has 0 fully saturated rings. The standard InChI is InChI=1S/C21H17BrN4O2.ClH/c1-14-5-7-15(8-6-14)13-24-26-20(27)17-12-16(22)9-10-18(17)25-21(28)19-4-2-3-11-23-19;/h2-13H,1H3,(H,25,28)(H,26,27);1H/b24-13+;. The van der Waals surface area contributed by atoms with Gasteiger partial charge in [-0.25, -0.2) is 5.43 Å². The molecule has 2 N–H and O–H groups in total. The van der Waals surface area contributed by atoms with E-state index < -0.39 is 11.8 Å². The summed E-state index contributed by atoms with van der Waals surface area (Å²) in [5.74, 6) is -0.846. The van der Waals surface area contributed by atoms with Crippen molar-refractivity contribution in [2.24, 2.45) is 5.10 Å². The molecule has 1 heterocycles. The van der Waals surface area contributed by atoms with Gasteiger partial charge in [0.25, 0.3) is 11.8 Å². The third kappa shape index (κ3) is 6.23. The van der Waals surface area contributed by atoms with E-state index in [0.29, 0.717) is 10.2 Å². The van der Waals surface area contributed by atoms with E-state index in [1.54, 1.807) is 42.6 Å². The Balaban J connectivity index is 0.00000300. The van der Waals surface area contributed by atoms with Crippen molar-refractivity contribution in [3.8, 4) is 0 Å². The lowest BCUT2D eigenvalue weighted by Gasteiger charge is -2.10. The van der Waals surface area contributed by atoms with E-state index in [0.717, 1.165) is 11.1 Å². The molecule has 0 bridgehead atoms. The molecule has 0 aliphatic carbocycles. The highest BCUT2D eigenvalue weighted by atomic mass is 79.9. The smallest absolute Gasteiger partial charge is 0.274 e. The number of aryl methyl sites for hydroxylation is 1. The Labute approximate surface area is 183 Å². The molecule has 1 aromatic heterocycles. The van der Waals surface area contributed by atoms with Gasteiger partial charge in [0.1, 0.15) is 5.69 Å². The van der Waals surface area contributed by atoms with E-state index in [2.05, 4.69) is 36.8 Å². The van der Waals surface area contributed by atoms with Gasteiger partial charge < -0.3 is 5.32 Å². The molecule has 8 heteroatoms. The van der Waals surface area contributed by atoms with E-state index in [9.17, 15) is 9.59 Å². The van der Waals surface area contributed by atoms with Gasteiger partial charge in [0, 0.05) is 10.7 Å². The minimum Gasteiger partial charge on any atom is -0.320 e. The fraction of sp³-hybridized carbons (Fsp3) is 0.0476. The number of hydrazone groups is 1. The van der Waals surface area contributed by atoms with E-state index in [-0.39, 0.29) is 23.7 Å². The van der Waals surface area contributed by atoms with Gasteiger partial charge in [0.2, 0.25) is 0 Å². The number of anilines is 1. The highest BCUT2D eigenvalue weighted by molar-refractivity contribution is 9.10. The summed E-state index contributed by atoms with van der Waals surface area (Å²) < 4.78 is 0.705. The summed E-state index contributed by atoms with van der Waals surface area (Å²) in [6.45, 7) is 2.00. The number of amides is 2. The Kier molecular flexibility index (Phi) is 8.06. The van der Waals surface area contributed by atoms with E-state index in [1.165, 1.54) is 6.20 Å². The third-order valence-electron chi connectivity index (χ3n) is 3.83. The number of aromatic nitrogens is 1. The summed E-state index contributed by atoms with van der Waals surface area (Å²) in [7, 11) is 0. The first kappa shape index (κ1) is 22.3. The topological polar surface area (TPSA) is 83.5 Å². The van der Waals surface area contributed by atoms with Crippen molar-refractivity contribution in [1.29, 1.82) is 0 Å². The molecule has 2 amide bonds. The predicted molar refractivity (Wildman–Crippen MR) is 120 cm³/mol. The van der Waals surface area contributed by atoms with Crippen LogP contribution < -0.4 is 10.7 Å². The highest BCUT2D eigenvalue weighted by Crippen LogP contribution is 2.21. The molecule has 3 aromatic rings. The van der Waals surface area contributed by atoms with Crippen molar-refractivity contribution in [2.45, 2.75) is 6.92 Å². The monoisotopic (exact) mass is 472 g/mol. The fourth-order valence-electron chi connectivity index (χ4n) is 2.37. The lowest BCUT2D eigenvalue weighted by molar-refractivity contribution is 0.0956. The number of carbonyl (C=O) groups excluding carboxylic acids is 2. The zero-order chi connectivity index (χ0) is 19.9. The minimum atomic E-state index is -0.444. The molecule has 0 saturated carbocycles. The highest BCUT2D eigenvalue weighted by Gasteiger charge is 2.15. The zero-order valence-corrected chi connectivity index (χ0v) is 17.8. The lowest BCUT2D eigenvalue weighted by atomic mass is 10.1. The summed E-state index contributed by atoms with van der Waals surface area (Å²) in [5, 5.41) is 6.71. The second-order valence-corrected chi connectivity index (χ2v) is 6.88. The fourth-order valence-corrected chi connectivity index (χ4v) is 2.74. The molecule has 0 aliphatic rings. The molecule has 29 heavy (non-hydrogen) atoms. The quantitative estimate of drug-likeness (QED) is 0.420. The van der Waals surface area contributed by atoms with Crippen LogP contribution in [0.1, 0.15) is 32.0 Å². The first-order valence-electron chi connectivity index (χ1n) is 8.45. The van der Waals surface area contributed by atoms with E-state index in [1.807, 2.05) is 31.2 Å². The maximum Gasteiger partial charge on any atom is 0.274 e. The maximum atomic E-state index is 12.6. The Morgan fingerprint density at radius 1 is 1.03 bits per heavy atom. The Morgan fingerprint density at radius 3 is 2.48 bits per heavy atom. The normalized spacial score (nSPS) is 10.3. The SMILES string of the molecule is Cc1ccc(/C=N/NC(=O)c2cc(Br)ccc2NC(=O)c2ccccn2)cc1.Cl. The molecule has 0 aliphatic heterocycles. The summed E-state index contributed by atoms with van der Waals surface area (Å²) in [6.07, 6.45) is 3.09. The van der Waals surface area contributed by atoms with Gasteiger partial charge in [0.15, 0.2) is 0 Å². The summed E-state index contributed by atoms with van der Waals surface area (Å²) in [6, 6.07) is 17.8. The van der Waals surface area contributed by atoms with Gasteiger partial charge >= 0.3 is 0 Å². The summed E-state index contributed by atoms with van der Waals surface area (Å²) in [4.78, 5) is 28.9. The van der Waals surface area contributed by atoms with Gasteiger partial charge in [-0.3, -0.25) is 14.6 Å². The van der Waals surface area contributed by atoms with E-state index >= 15 is 0 Å². The van der Waals surface area contributed by atoms with Crippen molar-refractivity contribution < 1.29 is 9.59 Å². The summed E-state index contributed by atoms with van der Waals surface area (Å²) in [5.41, 5.74) is 5.39. The molecule has 0 spiro atoms. The average molecular weight is 474 g/mol. The van der Waals surface area contributed by atoms with Crippen LogP contribution in [0.5, 0.6) is 0 Å². The molecule has 2 aromatic carbocycles. The van der Waals surface area contributed by atoms with Crippen molar-refractivity contribution in [3.05, 3.63) is 93.7 Å². The number of hydrogen-bond donors (Lipinski definition) is 2. The van der Waals surface area contributed by atoms with Gasteiger partial charge in [0.05, 0.1) is 17.5 Å². The lowest BCUT2D eigenvalue weighted by Crippen LogP contribution is -2.21. The predicted octanol–water partition coefficient (Wildman–Crippen LogP) is 4.59. The van der Waals surface area contributed by atoms with Crippen LogP contribution in [0.4, 0.5) is 5.69 Å². The number of rotatable bonds is 5. The van der Waals surface area contributed by atoms with Crippen LogP contribution in [0.2, 0.25) is 0 Å². The minimum absolute atomic E-state index is 0. The van der Waals surface area contributed by atoms with Crippen molar-refractivity contribution in [3.63, 3.8) is 0 Å². The van der Waals surface area contributed by atoms with E-state index in [4.69, 9.17) is 0 Å². The first-order valence-corrected chi connectivity index (χ1v) is 9.24. The number of nitrogens with zero attached hydrogens (tertiary/aromatic N) is 2. The Bertz CT molecular complexity index is 1020. The molecule has 148 valence electrons. The number of carbonyl (C=O) groups is 2. The van der Waals surface area contributed by atoms with Crippen molar-refractivity contribution in [1.82, 2.24) is 10.4 Å². The van der Waals surface area contributed by atoms with Crippen LogP contribution in [0.15, 0.2) is 76.4 Å². The second kappa shape index (κ2) is 10.5. The number of nitrogens with one attached hydrogen (secondary N) is 2. The molecular formula is C21H18BrClN4O2. The third-order valence-corrected chi connectivity index (χ3v) is 4.32. The number of halogens is 2. The molecule has 0 unspecified atom stereocenters. The maximum absolute atomic E-state index is 12.6. The van der Waals surface area contributed by atoms with Gasteiger partial charge in [-0.1, -0.05) is 51.8 Å². The number of hydrogen-bond acceptors (Lipinski definition) is 4. The second-order valence-electron chi connectivity index (χ2n) is 5.97. The molecule has 0 radical (unpaired) electrons. The van der Waals surface area contributed by atoms with Crippen LogP contribution in [0.25, 0.3) is 0 Å². The van der Waals surface area contributed by atoms with Crippen molar-refractivity contribution >= 4 is 52.1 Å². The van der Waals surface area contributed by atoms with Crippen molar-refractivity contribution in [2.75, 3.05) is 5.32 Å². The van der Waals surface area contributed by atoms with Crippen LogP contribution in [0.3, 0.4) is 0 Å². The Hall–Kier alpha value is -3.03. The number of benzene rings is 2. The molecule has 6 nitrogen and oxygen atoms in total. The molecular weight excluding hydrogens is 456 g/mol. The van der Waals surface area contributed by atoms with Gasteiger partial charge in [-0.05, 0) is 42.8 Å². The van der Waals surface area contributed by atoms with Crippen LogP contribution in [-0.4, -0.2) is 23.0 Å². The summed E-state index contributed by atoms with van der Waals surface area (Å²) >= 11 is 3.34. The first-order chi connectivity index (χ1) is 13.5. The van der Waals surface area contributed by atoms with Crippen LogP contribution in [0, 0.1) is 6.92 Å². The van der Waals surface area contributed by atoms with Crippen LogP contribution in [-0.2, 0) is 0 Å². The number of pyridine rings is 1. The largest absolute Gasteiger partial charge is 0.320 e. The molecule has 0 atom stereocenters. The van der Waals surface area contributed by atoms with Gasteiger partial charge in [-0.15, -0.1) is 12.4 Å². The zero-order valence-electron chi connectivity index (χ0n) is 15.4.